The highest BCUT2D eigenvalue weighted by Crippen LogP contribution is 2.23. The van der Waals surface area contributed by atoms with Crippen molar-refractivity contribution in [3.8, 4) is 0 Å². The van der Waals surface area contributed by atoms with Crippen molar-refractivity contribution in [2.45, 2.75) is 31.4 Å². The fourth-order valence-corrected chi connectivity index (χ4v) is 2.39. The zero-order valence-corrected chi connectivity index (χ0v) is 10.1. The first kappa shape index (κ1) is 11.4. The van der Waals surface area contributed by atoms with Crippen LogP contribution >= 0.6 is 0 Å². The molecule has 1 N–H and O–H groups in total. The summed E-state index contributed by atoms with van der Waals surface area (Å²) in [6.07, 6.45) is 4.69. The van der Waals surface area contributed by atoms with Crippen molar-refractivity contribution in [3.63, 3.8) is 0 Å². The molecule has 3 rings (SSSR count). The van der Waals surface area contributed by atoms with E-state index in [0.29, 0.717) is 23.7 Å². The second-order valence-electron chi connectivity index (χ2n) is 4.60. The van der Waals surface area contributed by atoms with Gasteiger partial charge in [0.1, 0.15) is 5.82 Å². The first-order valence-electron chi connectivity index (χ1n) is 6.06. The molecule has 1 saturated carbocycles. The van der Waals surface area contributed by atoms with Crippen LogP contribution in [-0.4, -0.2) is 33.9 Å². The van der Waals surface area contributed by atoms with Crippen molar-refractivity contribution in [2.75, 3.05) is 12.4 Å². The van der Waals surface area contributed by atoms with Gasteiger partial charge in [0.2, 0.25) is 5.95 Å². The molecule has 2 unspecified atom stereocenters. The Bertz CT molecular complexity index is 556. The summed E-state index contributed by atoms with van der Waals surface area (Å²) >= 11 is 0. The molecule has 2 atom stereocenters. The molecule has 1 aliphatic rings. The Morgan fingerprint density at radius 2 is 2.33 bits per heavy atom. The van der Waals surface area contributed by atoms with Crippen LogP contribution in [0.25, 0.3) is 5.65 Å². The van der Waals surface area contributed by atoms with Crippen LogP contribution < -0.4 is 5.32 Å². The van der Waals surface area contributed by atoms with Gasteiger partial charge in [-0.05, 0) is 31.4 Å². The number of rotatable bonds is 3. The van der Waals surface area contributed by atoms with Crippen molar-refractivity contribution in [1.29, 1.82) is 0 Å². The molecule has 1 aliphatic carbocycles. The van der Waals surface area contributed by atoms with Crippen LogP contribution in [0.5, 0.6) is 0 Å². The number of aromatic nitrogens is 3. The van der Waals surface area contributed by atoms with E-state index in [-0.39, 0.29) is 5.82 Å². The van der Waals surface area contributed by atoms with E-state index in [1.54, 1.807) is 13.2 Å². The molecule has 96 valence electrons. The molecule has 5 nitrogen and oxygen atoms in total. The first-order valence-corrected chi connectivity index (χ1v) is 6.06. The number of halogens is 1. The average molecular weight is 250 g/mol. The minimum absolute atomic E-state index is 0.317. The quantitative estimate of drug-likeness (QED) is 0.903. The summed E-state index contributed by atoms with van der Waals surface area (Å²) in [5.74, 6) is 0.224. The molecular formula is C12H15FN4O. The van der Waals surface area contributed by atoms with E-state index < -0.39 is 0 Å². The van der Waals surface area contributed by atoms with E-state index >= 15 is 0 Å². The third kappa shape index (κ3) is 2.15. The van der Waals surface area contributed by atoms with E-state index in [2.05, 4.69) is 15.4 Å². The van der Waals surface area contributed by atoms with E-state index in [1.807, 2.05) is 0 Å². The summed E-state index contributed by atoms with van der Waals surface area (Å²) in [6.45, 7) is 0. The Labute approximate surface area is 104 Å². The Morgan fingerprint density at radius 1 is 1.44 bits per heavy atom. The number of hydrogen-bond acceptors (Lipinski definition) is 4. The summed E-state index contributed by atoms with van der Waals surface area (Å²) in [6, 6.07) is 3.32. The molecule has 0 amide bonds. The van der Waals surface area contributed by atoms with E-state index in [4.69, 9.17) is 4.74 Å². The molecule has 0 bridgehead atoms. The highest BCUT2D eigenvalue weighted by atomic mass is 19.1. The Morgan fingerprint density at radius 3 is 3.11 bits per heavy atom. The lowest BCUT2D eigenvalue weighted by molar-refractivity contribution is 0.108. The molecule has 18 heavy (non-hydrogen) atoms. The van der Waals surface area contributed by atoms with E-state index in [1.165, 1.54) is 16.8 Å². The lowest BCUT2D eigenvalue weighted by atomic mass is 10.2. The molecule has 1 fully saturated rings. The Hall–Kier alpha value is -1.69. The number of methoxy groups -OCH3 is 1. The van der Waals surface area contributed by atoms with Gasteiger partial charge in [-0.25, -0.2) is 8.91 Å². The van der Waals surface area contributed by atoms with Crippen LogP contribution in [0.3, 0.4) is 0 Å². The van der Waals surface area contributed by atoms with Crippen molar-refractivity contribution >= 4 is 11.6 Å². The van der Waals surface area contributed by atoms with Crippen LogP contribution in [-0.2, 0) is 4.74 Å². The van der Waals surface area contributed by atoms with Crippen LogP contribution in [0.1, 0.15) is 19.3 Å². The monoisotopic (exact) mass is 250 g/mol. The Balaban J connectivity index is 1.75. The van der Waals surface area contributed by atoms with Crippen molar-refractivity contribution in [2.24, 2.45) is 0 Å². The molecular weight excluding hydrogens is 235 g/mol. The number of nitrogens with zero attached hydrogens (tertiary/aromatic N) is 3. The van der Waals surface area contributed by atoms with Crippen LogP contribution in [0, 0.1) is 5.82 Å². The zero-order valence-electron chi connectivity index (χ0n) is 10.1. The summed E-state index contributed by atoms with van der Waals surface area (Å²) in [5.41, 5.74) is 0.639. The summed E-state index contributed by atoms with van der Waals surface area (Å²) < 4.78 is 19.8. The number of fused-ring (bicyclic) bond motifs is 1. The number of hydrogen-bond donors (Lipinski definition) is 1. The smallest absolute Gasteiger partial charge is 0.243 e. The maximum absolute atomic E-state index is 13.0. The van der Waals surface area contributed by atoms with Crippen molar-refractivity contribution in [1.82, 2.24) is 14.6 Å². The molecule has 2 heterocycles. The van der Waals surface area contributed by atoms with Gasteiger partial charge >= 0.3 is 0 Å². The largest absolute Gasteiger partial charge is 0.381 e. The SMILES string of the molecule is COC1CCC(Nc2nc3ccc(F)cn3n2)C1. The molecule has 0 radical (unpaired) electrons. The number of pyridine rings is 1. The second kappa shape index (κ2) is 4.53. The number of anilines is 1. The highest BCUT2D eigenvalue weighted by Gasteiger charge is 2.25. The molecule has 0 saturated heterocycles. The maximum Gasteiger partial charge on any atom is 0.243 e. The second-order valence-corrected chi connectivity index (χ2v) is 4.60. The van der Waals surface area contributed by atoms with Gasteiger partial charge in [0.25, 0.3) is 0 Å². The molecule has 0 spiro atoms. The molecule has 0 aliphatic heterocycles. The van der Waals surface area contributed by atoms with Gasteiger partial charge in [-0.1, -0.05) is 0 Å². The van der Waals surface area contributed by atoms with Gasteiger partial charge in [-0.15, -0.1) is 5.10 Å². The third-order valence-corrected chi connectivity index (χ3v) is 3.35. The van der Waals surface area contributed by atoms with Gasteiger partial charge in [0.05, 0.1) is 12.3 Å². The van der Waals surface area contributed by atoms with Crippen LogP contribution in [0.15, 0.2) is 18.3 Å². The predicted molar refractivity (Wildman–Crippen MR) is 65.0 cm³/mol. The predicted octanol–water partition coefficient (Wildman–Crippen LogP) is 1.85. The Kier molecular flexibility index (Phi) is 2.87. The van der Waals surface area contributed by atoms with Gasteiger partial charge in [-0.3, -0.25) is 0 Å². The summed E-state index contributed by atoms with van der Waals surface area (Å²) in [4.78, 5) is 4.30. The summed E-state index contributed by atoms with van der Waals surface area (Å²) in [7, 11) is 1.74. The van der Waals surface area contributed by atoms with Crippen molar-refractivity contribution < 1.29 is 9.13 Å². The average Bonchev–Trinajstić information content (AvgIpc) is 2.95. The van der Waals surface area contributed by atoms with Crippen LogP contribution in [0.2, 0.25) is 0 Å². The molecule has 2 aromatic heterocycles. The lowest BCUT2D eigenvalue weighted by Gasteiger charge is -2.10. The van der Waals surface area contributed by atoms with Gasteiger partial charge < -0.3 is 10.1 Å². The summed E-state index contributed by atoms with van der Waals surface area (Å²) in [5, 5.41) is 7.47. The highest BCUT2D eigenvalue weighted by molar-refractivity contribution is 5.43. The maximum atomic E-state index is 13.0. The van der Waals surface area contributed by atoms with Gasteiger partial charge in [-0.2, -0.15) is 4.98 Å². The van der Waals surface area contributed by atoms with Gasteiger partial charge in [0, 0.05) is 13.2 Å². The lowest BCUT2D eigenvalue weighted by Crippen LogP contribution is -2.18. The molecule has 6 heteroatoms. The topological polar surface area (TPSA) is 51.5 Å². The van der Waals surface area contributed by atoms with Gasteiger partial charge in [0.15, 0.2) is 5.65 Å². The normalized spacial score (nSPS) is 23.7. The minimum Gasteiger partial charge on any atom is -0.381 e. The molecule has 0 aromatic carbocycles. The zero-order chi connectivity index (χ0) is 12.5. The fraction of sp³-hybridized carbons (Fsp3) is 0.500. The minimum atomic E-state index is -0.320. The standard InChI is InChI=1S/C12H15FN4O/c1-18-10-4-3-9(6-10)14-12-15-11-5-2-8(13)7-17(11)16-12/h2,5,7,9-10H,3-4,6H2,1H3,(H,14,16). The van der Waals surface area contributed by atoms with E-state index in [9.17, 15) is 4.39 Å². The van der Waals surface area contributed by atoms with Crippen molar-refractivity contribution in [3.05, 3.63) is 24.1 Å². The van der Waals surface area contributed by atoms with Crippen LogP contribution in [0.4, 0.5) is 10.3 Å². The first-order chi connectivity index (χ1) is 8.74. The fourth-order valence-electron chi connectivity index (χ4n) is 2.39. The van der Waals surface area contributed by atoms with E-state index in [0.717, 1.165) is 19.3 Å². The third-order valence-electron chi connectivity index (χ3n) is 3.35. The number of ether oxygens (including phenoxy) is 1. The molecule has 2 aromatic rings. The number of nitrogens with one attached hydrogen (secondary N) is 1.